The lowest BCUT2D eigenvalue weighted by Crippen LogP contribution is -2.28. The molecule has 2 N–H and O–H groups in total. The summed E-state index contributed by atoms with van der Waals surface area (Å²) < 4.78 is 0. The van der Waals surface area contributed by atoms with Gasteiger partial charge in [-0.15, -0.1) is 0 Å². The Hall–Kier alpha value is -1.39. The van der Waals surface area contributed by atoms with Crippen molar-refractivity contribution < 1.29 is 9.63 Å². The Balaban J connectivity index is 2.05. The zero-order chi connectivity index (χ0) is 11.4. The Morgan fingerprint density at radius 2 is 2.12 bits per heavy atom. The van der Waals surface area contributed by atoms with Crippen LogP contribution in [0.3, 0.4) is 0 Å². The van der Waals surface area contributed by atoms with Gasteiger partial charge >= 0.3 is 0 Å². The summed E-state index contributed by atoms with van der Waals surface area (Å²) in [5.74, 6) is 0.0124. The molecule has 4 nitrogen and oxygen atoms in total. The number of hydrogen-bond donors (Lipinski definition) is 1. The molecule has 0 radical (unpaired) electrons. The van der Waals surface area contributed by atoms with Crippen LogP contribution in [0, 0.1) is 0 Å². The minimum absolute atomic E-state index is 0.0124. The fraction of sp³-hybridized carbons (Fsp3) is 0.417. The van der Waals surface area contributed by atoms with E-state index in [4.69, 9.17) is 10.6 Å². The van der Waals surface area contributed by atoms with Gasteiger partial charge in [0, 0.05) is 6.54 Å². The molecule has 0 spiro atoms. The Kier molecular flexibility index (Phi) is 3.54. The van der Waals surface area contributed by atoms with Crippen molar-refractivity contribution in [2.45, 2.75) is 19.4 Å². The van der Waals surface area contributed by atoms with E-state index in [0.717, 1.165) is 17.5 Å². The maximum atomic E-state index is 11.8. The van der Waals surface area contributed by atoms with Gasteiger partial charge in [0.05, 0.1) is 19.6 Å². The molecule has 1 aromatic carbocycles. The Morgan fingerprint density at radius 3 is 2.75 bits per heavy atom. The van der Waals surface area contributed by atoms with E-state index < -0.39 is 0 Å². The van der Waals surface area contributed by atoms with Crippen LogP contribution < -0.4 is 5.73 Å². The first-order valence-corrected chi connectivity index (χ1v) is 5.51. The van der Waals surface area contributed by atoms with Crippen molar-refractivity contribution in [2.24, 2.45) is 5.73 Å². The molecule has 1 aliphatic heterocycles. The van der Waals surface area contributed by atoms with Gasteiger partial charge in [-0.25, -0.2) is 5.06 Å². The van der Waals surface area contributed by atoms with E-state index in [1.807, 2.05) is 24.3 Å². The smallest absolute Gasteiger partial charge is 0.250 e. The summed E-state index contributed by atoms with van der Waals surface area (Å²) in [5, 5.41) is 1.45. The minimum atomic E-state index is 0.0124. The Labute approximate surface area is 94.9 Å². The quantitative estimate of drug-likeness (QED) is 0.821. The lowest BCUT2D eigenvalue weighted by molar-refractivity contribution is -0.167. The number of amides is 1. The van der Waals surface area contributed by atoms with Crippen molar-refractivity contribution in [3.8, 4) is 0 Å². The molecule has 2 rings (SSSR count). The molecule has 0 aromatic heterocycles. The van der Waals surface area contributed by atoms with Gasteiger partial charge in [-0.05, 0) is 17.5 Å². The lowest BCUT2D eigenvalue weighted by Gasteiger charge is -2.14. The highest BCUT2D eigenvalue weighted by Gasteiger charge is 2.19. The third kappa shape index (κ3) is 2.40. The SMILES string of the molecule is NCc1ccccc1CC(=O)N1CCCO1. The number of carbonyl (C=O) groups excluding carboxylic acids is 1. The van der Waals surface area contributed by atoms with Crippen LogP contribution in [0.4, 0.5) is 0 Å². The molecule has 1 heterocycles. The first-order chi connectivity index (χ1) is 7.81. The summed E-state index contributed by atoms with van der Waals surface area (Å²) in [6, 6.07) is 7.75. The van der Waals surface area contributed by atoms with Crippen LogP contribution in [-0.4, -0.2) is 24.1 Å². The first-order valence-electron chi connectivity index (χ1n) is 5.51. The van der Waals surface area contributed by atoms with Gasteiger partial charge in [0.25, 0.3) is 5.91 Å². The Bertz CT molecular complexity index is 373. The molecule has 1 saturated heterocycles. The fourth-order valence-corrected chi connectivity index (χ4v) is 1.82. The molecule has 16 heavy (non-hydrogen) atoms. The predicted octanol–water partition coefficient (Wildman–Crippen LogP) is 0.852. The topological polar surface area (TPSA) is 55.6 Å². The summed E-state index contributed by atoms with van der Waals surface area (Å²) in [5.41, 5.74) is 7.64. The number of rotatable bonds is 3. The third-order valence-electron chi connectivity index (χ3n) is 2.71. The second kappa shape index (κ2) is 5.09. The highest BCUT2D eigenvalue weighted by molar-refractivity contribution is 5.78. The number of nitrogens with two attached hydrogens (primary N) is 1. The predicted molar refractivity (Wildman–Crippen MR) is 60.3 cm³/mol. The highest BCUT2D eigenvalue weighted by atomic mass is 16.7. The summed E-state index contributed by atoms with van der Waals surface area (Å²) >= 11 is 0. The van der Waals surface area contributed by atoms with E-state index in [1.54, 1.807) is 0 Å². The average molecular weight is 220 g/mol. The third-order valence-corrected chi connectivity index (χ3v) is 2.71. The molecule has 0 aliphatic carbocycles. The second-order valence-corrected chi connectivity index (χ2v) is 3.83. The van der Waals surface area contributed by atoms with Gasteiger partial charge in [-0.2, -0.15) is 0 Å². The molecular formula is C12H16N2O2. The van der Waals surface area contributed by atoms with Crippen LogP contribution in [0.1, 0.15) is 17.5 Å². The molecule has 4 heteroatoms. The Morgan fingerprint density at radius 1 is 1.38 bits per heavy atom. The normalized spacial score (nSPS) is 15.4. The van der Waals surface area contributed by atoms with Crippen molar-refractivity contribution in [3.05, 3.63) is 35.4 Å². The minimum Gasteiger partial charge on any atom is -0.326 e. The van der Waals surface area contributed by atoms with E-state index in [0.29, 0.717) is 26.1 Å². The van der Waals surface area contributed by atoms with E-state index in [9.17, 15) is 4.79 Å². The van der Waals surface area contributed by atoms with Crippen LogP contribution in [-0.2, 0) is 22.6 Å². The van der Waals surface area contributed by atoms with Gasteiger partial charge in [0.2, 0.25) is 0 Å². The standard InChI is InChI=1S/C12H16N2O2/c13-9-11-5-2-1-4-10(11)8-12(15)14-6-3-7-16-14/h1-2,4-5H,3,6-9,13H2. The second-order valence-electron chi connectivity index (χ2n) is 3.83. The average Bonchev–Trinajstić information content (AvgIpc) is 2.83. The van der Waals surface area contributed by atoms with Crippen LogP contribution in [0.15, 0.2) is 24.3 Å². The molecule has 0 atom stereocenters. The van der Waals surface area contributed by atoms with Crippen molar-refractivity contribution in [2.75, 3.05) is 13.2 Å². The van der Waals surface area contributed by atoms with Gasteiger partial charge in [0.1, 0.15) is 0 Å². The van der Waals surface area contributed by atoms with Gasteiger partial charge < -0.3 is 5.73 Å². The van der Waals surface area contributed by atoms with E-state index in [1.165, 1.54) is 5.06 Å². The van der Waals surface area contributed by atoms with Crippen LogP contribution in [0.25, 0.3) is 0 Å². The van der Waals surface area contributed by atoms with Crippen LogP contribution in [0.2, 0.25) is 0 Å². The number of hydroxylamine groups is 2. The number of nitrogens with zero attached hydrogens (tertiary/aromatic N) is 1. The highest BCUT2D eigenvalue weighted by Crippen LogP contribution is 2.12. The number of carbonyl (C=O) groups is 1. The summed E-state index contributed by atoms with van der Waals surface area (Å²) in [6.45, 7) is 1.80. The molecule has 1 fully saturated rings. The van der Waals surface area contributed by atoms with Gasteiger partial charge in [-0.1, -0.05) is 24.3 Å². The molecule has 1 aromatic rings. The zero-order valence-electron chi connectivity index (χ0n) is 9.19. The molecule has 0 bridgehead atoms. The van der Waals surface area contributed by atoms with Gasteiger partial charge in [0.15, 0.2) is 0 Å². The van der Waals surface area contributed by atoms with E-state index >= 15 is 0 Å². The monoisotopic (exact) mass is 220 g/mol. The zero-order valence-corrected chi connectivity index (χ0v) is 9.19. The maximum Gasteiger partial charge on any atom is 0.250 e. The van der Waals surface area contributed by atoms with Crippen LogP contribution in [0.5, 0.6) is 0 Å². The molecule has 86 valence electrons. The molecule has 1 amide bonds. The summed E-state index contributed by atoms with van der Waals surface area (Å²) in [7, 11) is 0. The van der Waals surface area contributed by atoms with E-state index in [2.05, 4.69) is 0 Å². The first kappa shape index (κ1) is 11.1. The summed E-state index contributed by atoms with van der Waals surface area (Å²) in [6.07, 6.45) is 1.29. The molecular weight excluding hydrogens is 204 g/mol. The molecule has 0 saturated carbocycles. The lowest BCUT2D eigenvalue weighted by atomic mass is 10.0. The fourth-order valence-electron chi connectivity index (χ4n) is 1.82. The maximum absolute atomic E-state index is 11.8. The van der Waals surface area contributed by atoms with Crippen molar-refractivity contribution >= 4 is 5.91 Å². The number of hydrogen-bond acceptors (Lipinski definition) is 3. The number of benzene rings is 1. The van der Waals surface area contributed by atoms with Crippen LogP contribution >= 0.6 is 0 Å². The molecule has 0 unspecified atom stereocenters. The van der Waals surface area contributed by atoms with Crippen molar-refractivity contribution in [1.82, 2.24) is 5.06 Å². The largest absolute Gasteiger partial charge is 0.326 e. The molecule has 1 aliphatic rings. The van der Waals surface area contributed by atoms with Crippen molar-refractivity contribution in [1.29, 1.82) is 0 Å². The van der Waals surface area contributed by atoms with Crippen molar-refractivity contribution in [3.63, 3.8) is 0 Å². The summed E-state index contributed by atoms with van der Waals surface area (Å²) in [4.78, 5) is 17.1. The van der Waals surface area contributed by atoms with E-state index in [-0.39, 0.29) is 5.91 Å². The van der Waals surface area contributed by atoms with Gasteiger partial charge in [-0.3, -0.25) is 9.63 Å².